The normalized spacial score (nSPS) is 35.0. The Hall–Kier alpha value is -2.02. The van der Waals surface area contributed by atoms with E-state index < -0.39 is 74.4 Å². The molecule has 28 heavy (non-hydrogen) atoms. The molecular weight excluding hydrogens is 407 g/mol. The largest absolute Gasteiger partial charge is 0.417 e. The van der Waals surface area contributed by atoms with Crippen LogP contribution in [0.15, 0.2) is 29.2 Å². The van der Waals surface area contributed by atoms with E-state index in [-0.39, 0.29) is 11.5 Å². The first kappa shape index (κ1) is 19.3. The van der Waals surface area contributed by atoms with Gasteiger partial charge in [-0.25, -0.2) is 0 Å². The van der Waals surface area contributed by atoms with Crippen molar-refractivity contribution in [2.24, 2.45) is 23.7 Å². The van der Waals surface area contributed by atoms with E-state index in [1.807, 2.05) is 0 Å². The minimum atomic E-state index is -5.16. The van der Waals surface area contributed by atoms with Crippen molar-refractivity contribution in [1.29, 1.82) is 0 Å². The van der Waals surface area contributed by atoms with Crippen LogP contribution in [0.25, 0.3) is 0 Å². The number of hydrogen-bond donors (Lipinski definition) is 2. The Kier molecular flexibility index (Phi) is 4.13. The maximum atomic E-state index is 13.1. The minimum Gasteiger partial charge on any atom is -0.390 e. The molecule has 152 valence electrons. The van der Waals surface area contributed by atoms with Gasteiger partial charge in [0.05, 0.1) is 29.6 Å². The van der Waals surface area contributed by atoms with Crippen LogP contribution in [0, 0.1) is 23.7 Å². The van der Waals surface area contributed by atoms with E-state index >= 15 is 0 Å². The molecule has 2 aliphatic carbocycles. The zero-order valence-corrected chi connectivity index (χ0v) is 14.7. The average Bonchev–Trinajstić information content (AvgIpc) is 3.22. The van der Waals surface area contributed by atoms with Crippen molar-refractivity contribution in [1.82, 2.24) is 5.06 Å². The van der Waals surface area contributed by atoms with E-state index in [0.29, 0.717) is 12.1 Å². The van der Waals surface area contributed by atoms with E-state index in [9.17, 15) is 41.4 Å². The molecule has 2 amide bonds. The van der Waals surface area contributed by atoms with Crippen molar-refractivity contribution in [3.05, 3.63) is 29.8 Å². The number of amides is 2. The molecule has 2 saturated carbocycles. The van der Waals surface area contributed by atoms with Crippen molar-refractivity contribution < 1.29 is 45.7 Å². The molecule has 0 radical (unpaired) electrons. The predicted octanol–water partition coefficient (Wildman–Crippen LogP) is 0.298. The van der Waals surface area contributed by atoms with E-state index in [1.54, 1.807) is 0 Å². The van der Waals surface area contributed by atoms with Crippen molar-refractivity contribution in [3.8, 4) is 0 Å². The van der Waals surface area contributed by atoms with Gasteiger partial charge in [-0.2, -0.15) is 21.6 Å². The molecule has 1 saturated heterocycles. The van der Waals surface area contributed by atoms with Gasteiger partial charge in [0, 0.05) is 11.8 Å². The van der Waals surface area contributed by atoms with Gasteiger partial charge in [-0.1, -0.05) is 12.1 Å². The first-order chi connectivity index (χ1) is 12.9. The van der Waals surface area contributed by atoms with Gasteiger partial charge >= 0.3 is 16.3 Å². The number of aliphatic hydroxyl groups excluding tert-OH is 2. The summed E-state index contributed by atoms with van der Waals surface area (Å²) in [5.41, 5.74) is -1.50. The topological polar surface area (TPSA) is 121 Å². The molecule has 2 bridgehead atoms. The second-order valence-electron chi connectivity index (χ2n) is 7.09. The van der Waals surface area contributed by atoms with Gasteiger partial charge in [0.25, 0.3) is 11.8 Å². The Bertz CT molecular complexity index is 931. The van der Waals surface area contributed by atoms with Crippen molar-refractivity contribution in [3.63, 3.8) is 0 Å². The lowest BCUT2D eigenvalue weighted by Crippen LogP contribution is -2.43. The highest BCUT2D eigenvalue weighted by Gasteiger charge is 2.68. The van der Waals surface area contributed by atoms with Crippen LogP contribution in [0.3, 0.4) is 0 Å². The number of hydrogen-bond acceptors (Lipinski definition) is 7. The molecule has 2 N–H and O–H groups in total. The van der Waals surface area contributed by atoms with E-state index in [1.165, 1.54) is 0 Å². The molecular formula is C16H14F3NO7S. The average molecular weight is 421 g/mol. The van der Waals surface area contributed by atoms with Crippen LogP contribution in [-0.2, 0) is 30.2 Å². The standard InChI is InChI=1S/C16H14F3NO7S/c17-16(18,19)8-3-1-2-4-9(8)28(25,26)27-20-14(23)10-6-5-7(11(10)15(20)24)13(22)12(6)21/h1-4,6-7,10-13,21-22H,5H2. The molecule has 0 aromatic heterocycles. The van der Waals surface area contributed by atoms with Crippen LogP contribution < -0.4 is 0 Å². The van der Waals surface area contributed by atoms with Crippen LogP contribution in [0.5, 0.6) is 0 Å². The molecule has 3 fully saturated rings. The molecule has 4 rings (SSSR count). The minimum absolute atomic E-state index is 0.0538. The van der Waals surface area contributed by atoms with Crippen LogP contribution in [0.4, 0.5) is 13.2 Å². The van der Waals surface area contributed by atoms with Crippen molar-refractivity contribution >= 4 is 21.9 Å². The summed E-state index contributed by atoms with van der Waals surface area (Å²) >= 11 is 0. The molecule has 0 spiro atoms. The summed E-state index contributed by atoms with van der Waals surface area (Å²) in [7, 11) is -5.16. The third-order valence-corrected chi connectivity index (χ3v) is 6.93. The number of nitrogens with zero attached hydrogens (tertiary/aromatic N) is 1. The second kappa shape index (κ2) is 5.99. The lowest BCUT2D eigenvalue weighted by atomic mass is 9.78. The molecule has 1 aromatic carbocycles. The molecule has 8 nitrogen and oxygen atoms in total. The number of hydroxylamine groups is 2. The molecule has 12 heteroatoms. The van der Waals surface area contributed by atoms with Crippen LogP contribution in [-0.4, -0.2) is 47.7 Å². The number of rotatable bonds is 3. The van der Waals surface area contributed by atoms with Crippen molar-refractivity contribution in [2.75, 3.05) is 0 Å². The third kappa shape index (κ3) is 2.59. The van der Waals surface area contributed by atoms with E-state index in [4.69, 9.17) is 0 Å². The number of carbonyl (C=O) groups excluding carboxylic acids is 2. The quantitative estimate of drug-likeness (QED) is 0.674. The highest BCUT2D eigenvalue weighted by atomic mass is 32.2. The lowest BCUT2D eigenvalue weighted by Gasteiger charge is -2.28. The highest BCUT2D eigenvalue weighted by Crippen LogP contribution is 2.56. The van der Waals surface area contributed by atoms with Crippen LogP contribution in [0.2, 0.25) is 0 Å². The van der Waals surface area contributed by atoms with Gasteiger partial charge in [0.1, 0.15) is 4.90 Å². The lowest BCUT2D eigenvalue weighted by molar-refractivity contribution is -0.166. The maximum Gasteiger partial charge on any atom is 0.417 e. The summed E-state index contributed by atoms with van der Waals surface area (Å²) in [6.45, 7) is 0. The molecule has 1 aromatic rings. The second-order valence-corrected chi connectivity index (χ2v) is 8.59. The maximum absolute atomic E-state index is 13.1. The van der Waals surface area contributed by atoms with Gasteiger partial charge < -0.3 is 10.2 Å². The number of alkyl halides is 3. The van der Waals surface area contributed by atoms with Gasteiger partial charge in [-0.3, -0.25) is 9.59 Å². The number of halogens is 3. The van der Waals surface area contributed by atoms with E-state index in [2.05, 4.69) is 4.28 Å². The smallest absolute Gasteiger partial charge is 0.390 e. The fourth-order valence-corrected chi connectivity index (χ4v) is 5.66. The Morgan fingerprint density at radius 1 is 1.00 bits per heavy atom. The van der Waals surface area contributed by atoms with Crippen molar-refractivity contribution in [2.45, 2.75) is 29.7 Å². The van der Waals surface area contributed by atoms with Gasteiger partial charge in [-0.05, 0) is 18.6 Å². The molecule has 6 atom stereocenters. The van der Waals surface area contributed by atoms with E-state index in [0.717, 1.165) is 12.1 Å². The van der Waals surface area contributed by atoms with Crippen LogP contribution >= 0.6 is 0 Å². The number of aliphatic hydroxyl groups is 2. The number of imide groups is 1. The zero-order chi connectivity index (χ0) is 20.6. The number of carbonyl (C=O) groups is 2. The molecule has 6 unspecified atom stereocenters. The summed E-state index contributed by atoms with van der Waals surface area (Å²) in [6, 6.07) is 3.21. The first-order valence-electron chi connectivity index (χ1n) is 8.30. The SMILES string of the molecule is O=C1C2C3CC(C(O)C3O)C2C(=O)N1OS(=O)(=O)c1ccccc1C(F)(F)F. The summed E-state index contributed by atoms with van der Waals surface area (Å²) in [6.07, 6.45) is -7.28. The summed E-state index contributed by atoms with van der Waals surface area (Å²) in [5, 5.41) is 19.8. The Balaban J connectivity index is 1.66. The fourth-order valence-electron chi connectivity index (χ4n) is 4.53. The Labute approximate surface area is 156 Å². The molecule has 1 heterocycles. The highest BCUT2D eigenvalue weighted by molar-refractivity contribution is 7.86. The van der Waals surface area contributed by atoms with Gasteiger partial charge in [0.15, 0.2) is 0 Å². The zero-order valence-electron chi connectivity index (χ0n) is 13.9. The fraction of sp³-hybridized carbons (Fsp3) is 0.500. The van der Waals surface area contributed by atoms with Crippen LogP contribution in [0.1, 0.15) is 12.0 Å². The monoisotopic (exact) mass is 421 g/mol. The predicted molar refractivity (Wildman–Crippen MR) is 82.2 cm³/mol. The summed E-state index contributed by atoms with van der Waals surface area (Å²) in [4.78, 5) is 23.8. The van der Waals surface area contributed by atoms with Gasteiger partial charge in [0.2, 0.25) is 0 Å². The first-order valence-corrected chi connectivity index (χ1v) is 9.70. The van der Waals surface area contributed by atoms with Gasteiger partial charge in [-0.15, -0.1) is 9.35 Å². The number of fused-ring (bicyclic) bond motifs is 5. The third-order valence-electron chi connectivity index (χ3n) is 5.69. The summed E-state index contributed by atoms with van der Waals surface area (Å²) < 4.78 is 68.7. The molecule has 1 aliphatic heterocycles. The Morgan fingerprint density at radius 3 is 2.00 bits per heavy atom. The molecule has 3 aliphatic rings. The number of benzene rings is 1. The Morgan fingerprint density at radius 2 is 1.50 bits per heavy atom. The summed E-state index contributed by atoms with van der Waals surface area (Å²) in [5.74, 6) is -5.77.